The van der Waals surface area contributed by atoms with Crippen molar-refractivity contribution in [1.29, 1.82) is 0 Å². The van der Waals surface area contributed by atoms with E-state index in [2.05, 4.69) is 15.6 Å². The minimum atomic E-state index is -0.100. The van der Waals surface area contributed by atoms with Crippen LogP contribution in [-0.4, -0.2) is 28.6 Å². The number of oxazole rings is 1. The molecule has 1 aromatic carbocycles. The van der Waals surface area contributed by atoms with Gasteiger partial charge in [0, 0.05) is 29.8 Å². The lowest BCUT2D eigenvalue weighted by Crippen LogP contribution is -2.37. The molecule has 3 rings (SSSR count). The van der Waals surface area contributed by atoms with E-state index in [1.165, 1.54) is 0 Å². The molecule has 0 radical (unpaired) electrons. The Hall–Kier alpha value is -1.50. The van der Waals surface area contributed by atoms with Crippen molar-refractivity contribution in [2.24, 2.45) is 0 Å². The quantitative estimate of drug-likeness (QED) is 0.908. The van der Waals surface area contributed by atoms with Gasteiger partial charge in [0.15, 0.2) is 11.7 Å². The van der Waals surface area contributed by atoms with E-state index < -0.39 is 0 Å². The Bertz CT molecular complexity index is 609. The fourth-order valence-electron chi connectivity index (χ4n) is 2.01. The predicted molar refractivity (Wildman–Crippen MR) is 86.8 cm³/mol. The first kappa shape index (κ1) is 15.9. The molecule has 2 aromatic rings. The molecule has 21 heavy (non-hydrogen) atoms. The molecule has 1 aliphatic heterocycles. The number of nitrogens with one attached hydrogen (secondary N) is 2. The highest BCUT2D eigenvalue weighted by Gasteiger charge is 2.22. The summed E-state index contributed by atoms with van der Waals surface area (Å²) in [5.74, 6) is 3.04. The van der Waals surface area contributed by atoms with Crippen molar-refractivity contribution in [3.8, 4) is 11.3 Å². The molecule has 1 unspecified atom stereocenters. The molecular formula is C14H16ClN3O2S. The van der Waals surface area contributed by atoms with Crippen molar-refractivity contribution in [3.63, 3.8) is 0 Å². The number of aromatic nitrogens is 1. The predicted octanol–water partition coefficient (Wildman–Crippen LogP) is 2.67. The first-order valence-corrected chi connectivity index (χ1v) is 7.53. The zero-order valence-electron chi connectivity index (χ0n) is 11.5. The topological polar surface area (TPSA) is 67.2 Å². The highest BCUT2D eigenvalue weighted by atomic mass is 35.5. The van der Waals surface area contributed by atoms with Crippen molar-refractivity contribution in [2.45, 2.75) is 13.0 Å². The van der Waals surface area contributed by atoms with Crippen LogP contribution in [0.1, 0.15) is 5.89 Å². The van der Waals surface area contributed by atoms with Crippen LogP contribution in [0.3, 0.4) is 0 Å². The van der Waals surface area contributed by atoms with Crippen molar-refractivity contribution >= 4 is 35.8 Å². The van der Waals surface area contributed by atoms with E-state index in [1.54, 1.807) is 18.0 Å². The number of thioether (sulfide) groups is 1. The molecule has 2 heterocycles. The largest absolute Gasteiger partial charge is 0.441 e. The van der Waals surface area contributed by atoms with Gasteiger partial charge in [0.05, 0.1) is 12.2 Å². The second-order valence-electron chi connectivity index (χ2n) is 4.58. The van der Waals surface area contributed by atoms with Gasteiger partial charge < -0.3 is 9.73 Å². The molecule has 7 heteroatoms. The van der Waals surface area contributed by atoms with Crippen molar-refractivity contribution < 1.29 is 9.21 Å². The van der Waals surface area contributed by atoms with Crippen molar-refractivity contribution in [2.75, 3.05) is 16.9 Å². The summed E-state index contributed by atoms with van der Waals surface area (Å²) in [6.45, 7) is 1.81. The summed E-state index contributed by atoms with van der Waals surface area (Å²) >= 11 is 1.73. The van der Waals surface area contributed by atoms with Crippen LogP contribution in [0.25, 0.3) is 11.3 Å². The molecule has 0 spiro atoms. The Morgan fingerprint density at radius 1 is 1.43 bits per heavy atom. The van der Waals surface area contributed by atoms with E-state index in [-0.39, 0.29) is 24.4 Å². The van der Waals surface area contributed by atoms with Crippen LogP contribution in [0, 0.1) is 6.92 Å². The molecule has 0 saturated carbocycles. The Kier molecular flexibility index (Phi) is 5.27. The maximum absolute atomic E-state index is 12.0. The van der Waals surface area contributed by atoms with Gasteiger partial charge in [-0.25, -0.2) is 4.98 Å². The molecule has 2 N–H and O–H groups in total. The normalized spacial score (nSPS) is 17.3. The highest BCUT2D eigenvalue weighted by Crippen LogP contribution is 2.22. The maximum atomic E-state index is 12.0. The van der Waals surface area contributed by atoms with E-state index >= 15 is 0 Å². The van der Waals surface area contributed by atoms with E-state index in [1.807, 2.05) is 31.2 Å². The smallest absolute Gasteiger partial charge is 0.242 e. The molecule has 1 fully saturated rings. The Balaban J connectivity index is 0.00000161. The molecule has 1 saturated heterocycles. The van der Waals surface area contributed by atoms with Gasteiger partial charge in [-0.1, -0.05) is 0 Å². The number of carbonyl (C=O) groups excluding carboxylic acids is 1. The second kappa shape index (κ2) is 6.98. The minimum Gasteiger partial charge on any atom is -0.441 e. The number of anilines is 1. The molecule has 1 amide bonds. The molecule has 1 aliphatic rings. The number of halogens is 1. The number of nitrogens with zero attached hydrogens (tertiary/aromatic N) is 1. The third-order valence-corrected chi connectivity index (χ3v) is 4.03. The summed E-state index contributed by atoms with van der Waals surface area (Å²) in [6, 6.07) is 7.45. The molecular weight excluding hydrogens is 310 g/mol. The van der Waals surface area contributed by atoms with Gasteiger partial charge >= 0.3 is 0 Å². The van der Waals surface area contributed by atoms with Crippen LogP contribution in [0.15, 0.2) is 34.9 Å². The van der Waals surface area contributed by atoms with Crippen LogP contribution >= 0.6 is 24.2 Å². The lowest BCUT2D eigenvalue weighted by atomic mass is 10.1. The van der Waals surface area contributed by atoms with E-state index in [0.29, 0.717) is 5.89 Å². The highest BCUT2D eigenvalue weighted by molar-refractivity contribution is 7.99. The lowest BCUT2D eigenvalue weighted by molar-refractivity contribution is -0.117. The van der Waals surface area contributed by atoms with Gasteiger partial charge in [0.25, 0.3) is 0 Å². The van der Waals surface area contributed by atoms with Gasteiger partial charge in [0.2, 0.25) is 5.91 Å². The minimum absolute atomic E-state index is 0. The van der Waals surface area contributed by atoms with Crippen LogP contribution in [0.2, 0.25) is 0 Å². The lowest BCUT2D eigenvalue weighted by Gasteiger charge is -2.10. The molecule has 0 bridgehead atoms. The van der Waals surface area contributed by atoms with Crippen LogP contribution in [-0.2, 0) is 4.79 Å². The van der Waals surface area contributed by atoms with Crippen LogP contribution in [0.4, 0.5) is 5.69 Å². The number of hydrogen-bond donors (Lipinski definition) is 2. The third kappa shape index (κ3) is 3.78. The van der Waals surface area contributed by atoms with Crippen molar-refractivity contribution in [1.82, 2.24) is 10.3 Å². The number of hydrogen-bond acceptors (Lipinski definition) is 5. The van der Waals surface area contributed by atoms with Gasteiger partial charge in [-0.05, 0) is 24.3 Å². The zero-order valence-corrected chi connectivity index (χ0v) is 13.1. The average Bonchev–Trinajstić information content (AvgIpc) is 3.10. The number of amides is 1. The van der Waals surface area contributed by atoms with Crippen LogP contribution < -0.4 is 10.6 Å². The Morgan fingerprint density at radius 3 is 2.76 bits per heavy atom. The first-order chi connectivity index (χ1) is 9.72. The maximum Gasteiger partial charge on any atom is 0.242 e. The molecule has 112 valence electrons. The fraction of sp³-hybridized carbons (Fsp3) is 0.286. The molecule has 1 atom stereocenters. The Labute approximate surface area is 133 Å². The van der Waals surface area contributed by atoms with Crippen LogP contribution in [0.5, 0.6) is 0 Å². The fourth-order valence-corrected chi connectivity index (χ4v) is 2.95. The summed E-state index contributed by atoms with van der Waals surface area (Å²) in [5, 5.41) is 6.05. The SMILES string of the molecule is Cc1ncc(-c2ccc(NC(=O)C3CSCN3)cc2)o1.Cl. The van der Waals surface area contributed by atoms with E-state index in [4.69, 9.17) is 4.42 Å². The monoisotopic (exact) mass is 325 g/mol. The standard InChI is InChI=1S/C14H15N3O2S.ClH/c1-9-15-6-13(19-9)10-2-4-11(5-3-10)17-14(18)12-7-20-8-16-12;/h2-6,12,16H,7-8H2,1H3,(H,17,18);1H. The van der Waals surface area contributed by atoms with Crippen molar-refractivity contribution in [3.05, 3.63) is 36.4 Å². The van der Waals surface area contributed by atoms with E-state index in [0.717, 1.165) is 28.6 Å². The number of benzene rings is 1. The summed E-state index contributed by atoms with van der Waals surface area (Å²) in [7, 11) is 0. The second-order valence-corrected chi connectivity index (χ2v) is 5.61. The van der Waals surface area contributed by atoms with Gasteiger partial charge in [0.1, 0.15) is 0 Å². The van der Waals surface area contributed by atoms with Gasteiger partial charge in [-0.2, -0.15) is 0 Å². The number of rotatable bonds is 3. The summed E-state index contributed by atoms with van der Waals surface area (Å²) in [6.07, 6.45) is 1.70. The summed E-state index contributed by atoms with van der Waals surface area (Å²) in [5.41, 5.74) is 1.73. The van der Waals surface area contributed by atoms with E-state index in [9.17, 15) is 4.79 Å². The average molecular weight is 326 g/mol. The van der Waals surface area contributed by atoms with Gasteiger partial charge in [-0.3, -0.25) is 10.1 Å². The van der Waals surface area contributed by atoms with Gasteiger partial charge in [-0.15, -0.1) is 24.2 Å². The summed E-state index contributed by atoms with van der Waals surface area (Å²) < 4.78 is 5.46. The molecule has 0 aliphatic carbocycles. The summed E-state index contributed by atoms with van der Waals surface area (Å²) in [4.78, 5) is 16.0. The molecule has 1 aromatic heterocycles. The first-order valence-electron chi connectivity index (χ1n) is 6.37. The number of carbonyl (C=O) groups is 1. The molecule has 5 nitrogen and oxygen atoms in total. The number of aryl methyl sites for hydroxylation is 1. The third-order valence-electron chi connectivity index (χ3n) is 3.09. The zero-order chi connectivity index (χ0) is 13.9. The Morgan fingerprint density at radius 2 is 2.19 bits per heavy atom.